The van der Waals surface area contributed by atoms with Crippen LogP contribution in [0.2, 0.25) is 0 Å². The molecule has 2 aromatic rings. The van der Waals surface area contributed by atoms with E-state index in [-0.39, 0.29) is 11.8 Å². The Morgan fingerprint density at radius 2 is 2.04 bits per heavy atom. The molecule has 148 valence electrons. The number of benzene rings is 2. The van der Waals surface area contributed by atoms with Crippen LogP contribution >= 0.6 is 0 Å². The van der Waals surface area contributed by atoms with Crippen molar-refractivity contribution >= 4 is 23.2 Å². The van der Waals surface area contributed by atoms with Gasteiger partial charge < -0.3 is 19.7 Å². The van der Waals surface area contributed by atoms with Crippen molar-refractivity contribution < 1.29 is 19.1 Å². The van der Waals surface area contributed by atoms with Crippen molar-refractivity contribution in [2.45, 2.75) is 26.7 Å². The van der Waals surface area contributed by atoms with E-state index in [1.807, 2.05) is 6.07 Å². The van der Waals surface area contributed by atoms with Crippen molar-refractivity contribution in [1.29, 1.82) is 0 Å². The molecule has 2 aromatic carbocycles. The van der Waals surface area contributed by atoms with E-state index < -0.39 is 0 Å². The van der Waals surface area contributed by atoms with E-state index in [9.17, 15) is 9.59 Å². The van der Waals surface area contributed by atoms with Crippen molar-refractivity contribution in [2.24, 2.45) is 5.92 Å². The van der Waals surface area contributed by atoms with E-state index in [4.69, 9.17) is 9.47 Å². The lowest BCUT2D eigenvalue weighted by atomic mass is 10.2. The number of amides is 2. The lowest BCUT2D eigenvalue weighted by molar-refractivity contribution is -0.117. The van der Waals surface area contributed by atoms with E-state index in [2.05, 4.69) is 19.2 Å². The molecule has 6 nitrogen and oxygen atoms in total. The van der Waals surface area contributed by atoms with Crippen LogP contribution in [0.5, 0.6) is 11.5 Å². The molecule has 0 spiro atoms. The highest BCUT2D eigenvalue weighted by Gasteiger charge is 2.24. The molecule has 0 aromatic heterocycles. The highest BCUT2D eigenvalue weighted by molar-refractivity contribution is 6.05. The van der Waals surface area contributed by atoms with Crippen LogP contribution < -0.4 is 19.7 Å². The Morgan fingerprint density at radius 1 is 1.21 bits per heavy atom. The average Bonchev–Trinajstić information content (AvgIpc) is 3.12. The summed E-state index contributed by atoms with van der Waals surface area (Å²) in [7, 11) is 1.56. The number of nitrogens with one attached hydrogen (secondary N) is 1. The van der Waals surface area contributed by atoms with Gasteiger partial charge in [0.05, 0.1) is 19.4 Å². The minimum Gasteiger partial charge on any atom is -0.494 e. The SMILES string of the molecule is COc1cc(NC(=O)c2cccc(OCC(C)C)c2)ccc1N1CCCC1=O. The molecule has 3 rings (SSSR count). The zero-order valence-electron chi connectivity index (χ0n) is 16.5. The number of rotatable bonds is 7. The van der Waals surface area contributed by atoms with Gasteiger partial charge in [0.1, 0.15) is 11.5 Å². The zero-order chi connectivity index (χ0) is 20.1. The second-order valence-corrected chi connectivity index (χ2v) is 7.22. The fourth-order valence-electron chi connectivity index (χ4n) is 3.07. The zero-order valence-corrected chi connectivity index (χ0v) is 16.5. The van der Waals surface area contributed by atoms with Crippen LogP contribution in [0.4, 0.5) is 11.4 Å². The topological polar surface area (TPSA) is 67.9 Å². The van der Waals surface area contributed by atoms with Crippen LogP contribution in [0.3, 0.4) is 0 Å². The predicted molar refractivity (Wildman–Crippen MR) is 109 cm³/mol. The van der Waals surface area contributed by atoms with Crippen molar-refractivity contribution in [3.05, 3.63) is 48.0 Å². The van der Waals surface area contributed by atoms with Crippen molar-refractivity contribution in [2.75, 3.05) is 30.5 Å². The molecule has 0 radical (unpaired) electrons. The summed E-state index contributed by atoms with van der Waals surface area (Å²) >= 11 is 0. The molecule has 1 N–H and O–H groups in total. The van der Waals surface area contributed by atoms with Gasteiger partial charge in [-0.25, -0.2) is 0 Å². The number of ether oxygens (including phenoxy) is 2. The van der Waals surface area contributed by atoms with Gasteiger partial charge in [0, 0.05) is 30.3 Å². The van der Waals surface area contributed by atoms with E-state index in [1.54, 1.807) is 48.4 Å². The Morgan fingerprint density at radius 3 is 2.71 bits per heavy atom. The Hall–Kier alpha value is -3.02. The van der Waals surface area contributed by atoms with E-state index in [0.29, 0.717) is 48.2 Å². The molecule has 0 bridgehead atoms. The lowest BCUT2D eigenvalue weighted by Crippen LogP contribution is -2.24. The second-order valence-electron chi connectivity index (χ2n) is 7.22. The fraction of sp³-hybridized carbons (Fsp3) is 0.364. The summed E-state index contributed by atoms with van der Waals surface area (Å²) in [6.07, 6.45) is 1.40. The number of carbonyl (C=O) groups is 2. The van der Waals surface area contributed by atoms with Gasteiger partial charge in [0.15, 0.2) is 0 Å². The van der Waals surface area contributed by atoms with Crippen molar-refractivity contribution in [3.8, 4) is 11.5 Å². The van der Waals surface area contributed by atoms with Gasteiger partial charge in [0.2, 0.25) is 5.91 Å². The highest BCUT2D eigenvalue weighted by atomic mass is 16.5. The molecule has 1 heterocycles. The molecule has 0 saturated carbocycles. The molecule has 1 fully saturated rings. The molecule has 1 aliphatic heterocycles. The van der Waals surface area contributed by atoms with Crippen molar-refractivity contribution in [3.63, 3.8) is 0 Å². The smallest absolute Gasteiger partial charge is 0.255 e. The fourth-order valence-corrected chi connectivity index (χ4v) is 3.07. The molecule has 1 aliphatic rings. The van der Waals surface area contributed by atoms with Gasteiger partial charge in [0.25, 0.3) is 5.91 Å². The highest BCUT2D eigenvalue weighted by Crippen LogP contribution is 2.34. The van der Waals surface area contributed by atoms with Gasteiger partial charge in [-0.1, -0.05) is 19.9 Å². The van der Waals surface area contributed by atoms with E-state index in [0.717, 1.165) is 12.1 Å². The second kappa shape index (κ2) is 8.78. The summed E-state index contributed by atoms with van der Waals surface area (Å²) in [5.74, 6) is 1.49. The summed E-state index contributed by atoms with van der Waals surface area (Å²) < 4.78 is 11.1. The quantitative estimate of drug-likeness (QED) is 0.783. The minimum atomic E-state index is -0.234. The van der Waals surface area contributed by atoms with Gasteiger partial charge in [-0.15, -0.1) is 0 Å². The Balaban J connectivity index is 1.73. The lowest BCUT2D eigenvalue weighted by Gasteiger charge is -2.19. The number of hydrogen-bond donors (Lipinski definition) is 1. The standard InChI is InChI=1S/C22H26N2O4/c1-15(2)14-28-18-7-4-6-16(12-18)22(26)23-17-9-10-19(20(13-17)27-3)24-11-5-8-21(24)25/h4,6-7,9-10,12-13,15H,5,8,11,14H2,1-3H3,(H,23,26). The van der Waals surface area contributed by atoms with Crippen LogP contribution in [0, 0.1) is 5.92 Å². The number of nitrogens with zero attached hydrogens (tertiary/aromatic N) is 1. The van der Waals surface area contributed by atoms with Crippen LogP contribution in [0.15, 0.2) is 42.5 Å². The molecule has 1 saturated heterocycles. The summed E-state index contributed by atoms with van der Waals surface area (Å²) in [5.41, 5.74) is 1.84. The third-order valence-corrected chi connectivity index (χ3v) is 4.48. The number of carbonyl (C=O) groups excluding carboxylic acids is 2. The molecule has 0 atom stereocenters. The Kier molecular flexibility index (Phi) is 6.19. The first-order chi connectivity index (χ1) is 13.5. The van der Waals surface area contributed by atoms with Crippen molar-refractivity contribution in [1.82, 2.24) is 0 Å². The third-order valence-electron chi connectivity index (χ3n) is 4.48. The molecule has 6 heteroatoms. The summed E-state index contributed by atoms with van der Waals surface area (Å²) in [5, 5.41) is 2.88. The monoisotopic (exact) mass is 382 g/mol. The molecule has 0 aliphatic carbocycles. The number of hydrogen-bond acceptors (Lipinski definition) is 4. The third kappa shape index (κ3) is 4.63. The first-order valence-corrected chi connectivity index (χ1v) is 9.50. The largest absolute Gasteiger partial charge is 0.494 e. The predicted octanol–water partition coefficient (Wildman–Crippen LogP) is 4.11. The molecule has 28 heavy (non-hydrogen) atoms. The van der Waals surface area contributed by atoms with Crippen LogP contribution in [0.25, 0.3) is 0 Å². The molecule has 2 amide bonds. The summed E-state index contributed by atoms with van der Waals surface area (Å²) in [6, 6.07) is 12.4. The average molecular weight is 382 g/mol. The van der Waals surface area contributed by atoms with Gasteiger partial charge in [-0.2, -0.15) is 0 Å². The maximum atomic E-state index is 12.6. The van der Waals surface area contributed by atoms with Gasteiger partial charge >= 0.3 is 0 Å². The summed E-state index contributed by atoms with van der Waals surface area (Å²) in [6.45, 7) is 5.43. The van der Waals surface area contributed by atoms with E-state index in [1.165, 1.54) is 0 Å². The maximum absolute atomic E-state index is 12.6. The maximum Gasteiger partial charge on any atom is 0.255 e. The van der Waals surface area contributed by atoms with Crippen LogP contribution in [-0.4, -0.2) is 32.1 Å². The van der Waals surface area contributed by atoms with E-state index >= 15 is 0 Å². The molecular formula is C22H26N2O4. The Labute approximate surface area is 165 Å². The number of anilines is 2. The Bertz CT molecular complexity index is 863. The molecular weight excluding hydrogens is 356 g/mol. The minimum absolute atomic E-state index is 0.0910. The first kappa shape index (κ1) is 19.7. The molecule has 0 unspecified atom stereocenters. The summed E-state index contributed by atoms with van der Waals surface area (Å²) in [4.78, 5) is 26.4. The number of methoxy groups -OCH3 is 1. The van der Waals surface area contributed by atoms with Crippen LogP contribution in [0.1, 0.15) is 37.0 Å². The van der Waals surface area contributed by atoms with Crippen LogP contribution in [-0.2, 0) is 4.79 Å². The first-order valence-electron chi connectivity index (χ1n) is 9.50. The van der Waals surface area contributed by atoms with Gasteiger partial charge in [-0.05, 0) is 42.7 Å². The normalized spacial score (nSPS) is 13.7. The van der Waals surface area contributed by atoms with Gasteiger partial charge in [-0.3, -0.25) is 9.59 Å².